The molecule has 2 aromatic heterocycles. The van der Waals surface area contributed by atoms with Crippen molar-refractivity contribution in [2.75, 3.05) is 5.32 Å². The smallest absolute Gasteiger partial charge is 0.184 e. The Morgan fingerprint density at radius 1 is 1.64 bits per heavy atom. The molecule has 0 aromatic carbocycles. The van der Waals surface area contributed by atoms with Gasteiger partial charge < -0.3 is 9.84 Å². The number of aromatic nitrogens is 2. The van der Waals surface area contributed by atoms with Crippen LogP contribution in [-0.4, -0.2) is 10.1 Å². The Morgan fingerprint density at radius 2 is 2.50 bits per heavy atom. The lowest BCUT2D eigenvalue weighted by atomic mass is 10.4. The third-order valence-corrected chi connectivity index (χ3v) is 3.08. The summed E-state index contributed by atoms with van der Waals surface area (Å²) >= 11 is 4.84. The molecule has 14 heavy (non-hydrogen) atoms. The van der Waals surface area contributed by atoms with Gasteiger partial charge in [-0.05, 0) is 22.9 Å². The third kappa shape index (κ3) is 2.33. The molecule has 0 aliphatic rings. The zero-order valence-corrected chi connectivity index (χ0v) is 9.85. The van der Waals surface area contributed by atoms with Crippen molar-refractivity contribution in [3.05, 3.63) is 27.5 Å². The number of hydrogen-bond acceptors (Lipinski definition) is 5. The fourth-order valence-electron chi connectivity index (χ4n) is 1.00. The van der Waals surface area contributed by atoms with E-state index in [9.17, 15) is 0 Å². The molecule has 0 saturated heterocycles. The van der Waals surface area contributed by atoms with Gasteiger partial charge in [0.2, 0.25) is 0 Å². The lowest BCUT2D eigenvalue weighted by Gasteiger charge is -1.96. The molecule has 0 saturated carbocycles. The van der Waals surface area contributed by atoms with Crippen LogP contribution in [0, 0.1) is 6.92 Å². The van der Waals surface area contributed by atoms with Gasteiger partial charge in [-0.1, -0.05) is 5.16 Å². The van der Waals surface area contributed by atoms with Crippen molar-refractivity contribution in [1.82, 2.24) is 10.1 Å². The van der Waals surface area contributed by atoms with E-state index in [0.29, 0.717) is 6.54 Å². The Labute approximate surface area is 93.5 Å². The molecule has 2 heterocycles. The first kappa shape index (κ1) is 9.67. The van der Waals surface area contributed by atoms with E-state index in [1.165, 1.54) is 0 Å². The van der Waals surface area contributed by atoms with Crippen LogP contribution in [0.3, 0.4) is 0 Å². The minimum atomic E-state index is 0.636. The predicted molar refractivity (Wildman–Crippen MR) is 58.4 cm³/mol. The fourth-order valence-corrected chi connectivity index (χ4v) is 2.15. The summed E-state index contributed by atoms with van der Waals surface area (Å²) in [6, 6.07) is 1.90. The minimum Gasteiger partial charge on any atom is -0.361 e. The maximum atomic E-state index is 4.94. The lowest BCUT2D eigenvalue weighted by Crippen LogP contribution is -1.98. The summed E-state index contributed by atoms with van der Waals surface area (Å²) in [6.45, 7) is 2.51. The van der Waals surface area contributed by atoms with Gasteiger partial charge in [0.05, 0.1) is 6.54 Å². The Kier molecular flexibility index (Phi) is 2.83. The fraction of sp³-hybridized carbons (Fsp3) is 0.250. The zero-order chi connectivity index (χ0) is 9.97. The molecule has 4 nitrogen and oxygen atoms in total. The SMILES string of the molecule is Cc1cc(CNc2nc(Br)cs2)no1. The highest BCUT2D eigenvalue weighted by molar-refractivity contribution is 9.10. The molecule has 74 valence electrons. The van der Waals surface area contributed by atoms with Crippen LogP contribution in [0.4, 0.5) is 5.13 Å². The molecule has 0 radical (unpaired) electrons. The Morgan fingerprint density at radius 3 is 3.07 bits per heavy atom. The molecule has 0 atom stereocenters. The van der Waals surface area contributed by atoms with E-state index in [-0.39, 0.29) is 0 Å². The number of rotatable bonds is 3. The quantitative estimate of drug-likeness (QED) is 0.935. The van der Waals surface area contributed by atoms with Crippen LogP contribution in [0.15, 0.2) is 20.6 Å². The van der Waals surface area contributed by atoms with Gasteiger partial charge in [0.1, 0.15) is 16.1 Å². The van der Waals surface area contributed by atoms with Gasteiger partial charge in [0.25, 0.3) is 0 Å². The van der Waals surface area contributed by atoms with Crippen LogP contribution < -0.4 is 5.32 Å². The summed E-state index contributed by atoms with van der Waals surface area (Å²) in [6.07, 6.45) is 0. The molecule has 0 bridgehead atoms. The summed E-state index contributed by atoms with van der Waals surface area (Å²) in [5.41, 5.74) is 0.883. The molecule has 0 spiro atoms. The molecule has 0 amide bonds. The van der Waals surface area contributed by atoms with Crippen LogP contribution in [-0.2, 0) is 6.54 Å². The summed E-state index contributed by atoms with van der Waals surface area (Å²) in [7, 11) is 0. The van der Waals surface area contributed by atoms with E-state index in [2.05, 4.69) is 31.4 Å². The van der Waals surface area contributed by atoms with E-state index in [0.717, 1.165) is 21.2 Å². The van der Waals surface area contributed by atoms with Gasteiger partial charge in [-0.2, -0.15) is 0 Å². The first-order chi connectivity index (χ1) is 6.74. The number of thiazole rings is 1. The van der Waals surface area contributed by atoms with Gasteiger partial charge in [-0.3, -0.25) is 0 Å². The number of nitrogens with one attached hydrogen (secondary N) is 1. The Hall–Kier alpha value is -0.880. The maximum Gasteiger partial charge on any atom is 0.184 e. The molecule has 0 aliphatic carbocycles. The Bertz CT molecular complexity index is 385. The average Bonchev–Trinajstić information content (AvgIpc) is 2.72. The van der Waals surface area contributed by atoms with E-state index < -0.39 is 0 Å². The summed E-state index contributed by atoms with van der Waals surface area (Å²) in [5.74, 6) is 0.821. The number of hydrogen-bond donors (Lipinski definition) is 1. The average molecular weight is 274 g/mol. The van der Waals surface area contributed by atoms with E-state index in [1.54, 1.807) is 11.3 Å². The minimum absolute atomic E-state index is 0.636. The van der Waals surface area contributed by atoms with Gasteiger partial charge in [-0.15, -0.1) is 11.3 Å². The molecular weight excluding hydrogens is 266 g/mol. The second-order valence-corrected chi connectivity index (χ2v) is 4.43. The first-order valence-corrected chi connectivity index (χ1v) is 5.68. The highest BCUT2D eigenvalue weighted by Crippen LogP contribution is 2.19. The third-order valence-electron chi connectivity index (χ3n) is 1.57. The van der Waals surface area contributed by atoms with Crippen LogP contribution >= 0.6 is 27.3 Å². The molecule has 6 heteroatoms. The van der Waals surface area contributed by atoms with Crippen molar-refractivity contribution in [2.24, 2.45) is 0 Å². The van der Waals surface area contributed by atoms with Crippen molar-refractivity contribution in [2.45, 2.75) is 13.5 Å². The summed E-state index contributed by atoms with van der Waals surface area (Å²) in [5, 5.41) is 9.81. The molecule has 2 aromatic rings. The normalized spacial score (nSPS) is 10.4. The lowest BCUT2D eigenvalue weighted by molar-refractivity contribution is 0.391. The van der Waals surface area contributed by atoms with Crippen molar-refractivity contribution in [1.29, 1.82) is 0 Å². The van der Waals surface area contributed by atoms with Gasteiger partial charge >= 0.3 is 0 Å². The topological polar surface area (TPSA) is 51.0 Å². The molecule has 0 unspecified atom stereocenters. The van der Waals surface area contributed by atoms with Crippen LogP contribution in [0.1, 0.15) is 11.5 Å². The highest BCUT2D eigenvalue weighted by Gasteiger charge is 2.02. The number of nitrogens with zero attached hydrogens (tertiary/aromatic N) is 2. The molecular formula is C8H8BrN3OS. The second kappa shape index (κ2) is 4.10. The first-order valence-electron chi connectivity index (χ1n) is 4.01. The van der Waals surface area contributed by atoms with Crippen LogP contribution in [0.5, 0.6) is 0 Å². The monoisotopic (exact) mass is 273 g/mol. The predicted octanol–water partition coefficient (Wildman–Crippen LogP) is 2.81. The molecule has 0 aliphatic heterocycles. The summed E-state index contributed by atoms with van der Waals surface area (Å²) < 4.78 is 5.79. The van der Waals surface area contributed by atoms with Crippen molar-refractivity contribution in [3.8, 4) is 0 Å². The van der Waals surface area contributed by atoms with Crippen LogP contribution in [0.2, 0.25) is 0 Å². The molecule has 2 rings (SSSR count). The van der Waals surface area contributed by atoms with E-state index in [4.69, 9.17) is 4.52 Å². The van der Waals surface area contributed by atoms with Crippen molar-refractivity contribution in [3.63, 3.8) is 0 Å². The zero-order valence-electron chi connectivity index (χ0n) is 7.45. The van der Waals surface area contributed by atoms with Crippen molar-refractivity contribution >= 4 is 32.4 Å². The highest BCUT2D eigenvalue weighted by atomic mass is 79.9. The molecule has 1 N–H and O–H groups in total. The van der Waals surface area contributed by atoms with E-state index in [1.807, 2.05) is 18.4 Å². The van der Waals surface area contributed by atoms with Gasteiger partial charge in [0.15, 0.2) is 5.13 Å². The standard InChI is InChI=1S/C8H8BrN3OS/c1-5-2-6(12-13-5)3-10-8-11-7(9)4-14-8/h2,4H,3H2,1H3,(H,10,11). The van der Waals surface area contributed by atoms with E-state index >= 15 is 0 Å². The second-order valence-electron chi connectivity index (χ2n) is 2.76. The van der Waals surface area contributed by atoms with Crippen LogP contribution in [0.25, 0.3) is 0 Å². The number of aryl methyl sites for hydroxylation is 1. The maximum absolute atomic E-state index is 4.94. The van der Waals surface area contributed by atoms with Gasteiger partial charge in [-0.25, -0.2) is 4.98 Å². The summed E-state index contributed by atoms with van der Waals surface area (Å²) in [4.78, 5) is 4.20. The Balaban J connectivity index is 1.94. The largest absolute Gasteiger partial charge is 0.361 e. The number of halogens is 1. The van der Waals surface area contributed by atoms with Gasteiger partial charge in [0, 0.05) is 11.4 Å². The molecule has 0 fully saturated rings. The van der Waals surface area contributed by atoms with Crippen molar-refractivity contribution < 1.29 is 4.52 Å². The number of anilines is 1.